The Balaban J connectivity index is 1.77. The van der Waals surface area contributed by atoms with Crippen LogP contribution in [0.2, 0.25) is 0 Å². The van der Waals surface area contributed by atoms with Crippen molar-refractivity contribution in [2.45, 2.75) is 25.8 Å². The van der Waals surface area contributed by atoms with Crippen molar-refractivity contribution < 1.29 is 0 Å². The Hall–Kier alpha value is -1.75. The summed E-state index contributed by atoms with van der Waals surface area (Å²) in [6.45, 7) is 6.62. The van der Waals surface area contributed by atoms with Crippen LogP contribution in [0.3, 0.4) is 0 Å². The van der Waals surface area contributed by atoms with Crippen LogP contribution in [0.15, 0.2) is 48.7 Å². The molecule has 1 aromatic carbocycles. The molecule has 3 heterocycles. The summed E-state index contributed by atoms with van der Waals surface area (Å²) < 4.78 is 0. The first-order valence-corrected chi connectivity index (χ1v) is 10.0. The SMILES string of the molecule is CCc1ccc(C(c2cnc3ccccc3c2)N2CCCNCC2)s1. The molecule has 0 aliphatic carbocycles. The molecule has 1 aliphatic heterocycles. The number of aryl methyl sites for hydroxylation is 1. The van der Waals surface area contributed by atoms with Gasteiger partial charge in [0.2, 0.25) is 0 Å². The van der Waals surface area contributed by atoms with Gasteiger partial charge in [-0.2, -0.15) is 0 Å². The number of nitrogens with zero attached hydrogens (tertiary/aromatic N) is 2. The van der Waals surface area contributed by atoms with Crippen LogP contribution in [0, 0.1) is 0 Å². The Bertz CT molecular complexity index is 834. The van der Waals surface area contributed by atoms with Gasteiger partial charge in [0.25, 0.3) is 0 Å². The van der Waals surface area contributed by atoms with Crippen LogP contribution in [-0.4, -0.2) is 36.1 Å². The van der Waals surface area contributed by atoms with Crippen LogP contribution in [0.25, 0.3) is 10.9 Å². The average molecular weight is 352 g/mol. The first kappa shape index (κ1) is 16.7. The molecular formula is C21H25N3S. The number of hydrogen-bond donors (Lipinski definition) is 1. The van der Waals surface area contributed by atoms with E-state index in [-0.39, 0.29) is 0 Å². The minimum atomic E-state index is 0.308. The van der Waals surface area contributed by atoms with E-state index < -0.39 is 0 Å². The second-order valence-corrected chi connectivity index (χ2v) is 7.86. The minimum absolute atomic E-state index is 0.308. The average Bonchev–Trinajstić information content (AvgIpc) is 2.96. The van der Waals surface area contributed by atoms with Gasteiger partial charge in [-0.1, -0.05) is 25.1 Å². The van der Waals surface area contributed by atoms with Gasteiger partial charge in [0.05, 0.1) is 11.6 Å². The van der Waals surface area contributed by atoms with Gasteiger partial charge in [0, 0.05) is 41.0 Å². The molecule has 0 radical (unpaired) electrons. The topological polar surface area (TPSA) is 28.2 Å². The number of thiophene rings is 1. The summed E-state index contributed by atoms with van der Waals surface area (Å²) in [5.74, 6) is 0. The molecule has 0 bridgehead atoms. The van der Waals surface area contributed by atoms with Crippen molar-refractivity contribution in [1.29, 1.82) is 0 Å². The van der Waals surface area contributed by atoms with Crippen molar-refractivity contribution >= 4 is 22.2 Å². The summed E-state index contributed by atoms with van der Waals surface area (Å²) in [5, 5.41) is 4.75. The molecule has 3 nitrogen and oxygen atoms in total. The number of aromatic nitrogens is 1. The number of hydrogen-bond acceptors (Lipinski definition) is 4. The third-order valence-electron chi connectivity index (χ3n) is 4.97. The van der Waals surface area contributed by atoms with Crippen molar-refractivity contribution in [3.63, 3.8) is 0 Å². The van der Waals surface area contributed by atoms with Crippen LogP contribution in [-0.2, 0) is 6.42 Å². The third-order valence-corrected chi connectivity index (χ3v) is 6.25. The molecule has 0 saturated carbocycles. The maximum atomic E-state index is 4.74. The van der Waals surface area contributed by atoms with E-state index in [0.29, 0.717) is 6.04 Å². The van der Waals surface area contributed by atoms with Crippen molar-refractivity contribution in [2.75, 3.05) is 26.2 Å². The molecule has 0 amide bonds. The highest BCUT2D eigenvalue weighted by molar-refractivity contribution is 7.12. The number of rotatable bonds is 4. The third kappa shape index (κ3) is 3.61. The fourth-order valence-electron chi connectivity index (χ4n) is 3.65. The predicted molar refractivity (Wildman–Crippen MR) is 106 cm³/mol. The van der Waals surface area contributed by atoms with Gasteiger partial charge in [-0.25, -0.2) is 0 Å². The smallest absolute Gasteiger partial charge is 0.0711 e. The lowest BCUT2D eigenvalue weighted by Crippen LogP contribution is -2.32. The maximum Gasteiger partial charge on any atom is 0.0711 e. The Morgan fingerprint density at radius 1 is 1.16 bits per heavy atom. The van der Waals surface area contributed by atoms with E-state index in [1.807, 2.05) is 11.3 Å². The minimum Gasteiger partial charge on any atom is -0.315 e. The molecule has 0 spiro atoms. The predicted octanol–water partition coefficient (Wildman–Crippen LogP) is 4.24. The highest BCUT2D eigenvalue weighted by atomic mass is 32.1. The van der Waals surface area contributed by atoms with Crippen LogP contribution in [0.1, 0.15) is 34.7 Å². The van der Waals surface area contributed by atoms with E-state index in [4.69, 9.17) is 4.98 Å². The number of nitrogens with one attached hydrogen (secondary N) is 1. The molecule has 1 saturated heterocycles. The van der Waals surface area contributed by atoms with Crippen LogP contribution in [0.5, 0.6) is 0 Å². The van der Waals surface area contributed by atoms with Gasteiger partial charge in [0.15, 0.2) is 0 Å². The van der Waals surface area contributed by atoms with E-state index in [1.165, 1.54) is 27.1 Å². The van der Waals surface area contributed by atoms with Gasteiger partial charge in [-0.05, 0) is 49.2 Å². The molecule has 2 aromatic heterocycles. The molecule has 1 atom stereocenters. The molecule has 3 aromatic rings. The Labute approximate surface area is 153 Å². The zero-order chi connectivity index (χ0) is 17.1. The lowest BCUT2D eigenvalue weighted by molar-refractivity contribution is 0.244. The van der Waals surface area contributed by atoms with E-state index in [1.54, 1.807) is 0 Å². The fourth-order valence-corrected chi connectivity index (χ4v) is 4.76. The van der Waals surface area contributed by atoms with Crippen molar-refractivity contribution in [3.8, 4) is 0 Å². The van der Waals surface area contributed by atoms with Gasteiger partial charge in [-0.3, -0.25) is 9.88 Å². The summed E-state index contributed by atoms with van der Waals surface area (Å²) in [4.78, 5) is 10.3. The largest absolute Gasteiger partial charge is 0.315 e. The molecule has 4 heteroatoms. The molecule has 130 valence electrons. The number of benzene rings is 1. The quantitative estimate of drug-likeness (QED) is 0.762. The van der Waals surface area contributed by atoms with Crippen LogP contribution < -0.4 is 5.32 Å². The maximum absolute atomic E-state index is 4.74. The Morgan fingerprint density at radius 2 is 2.08 bits per heavy atom. The number of para-hydroxylation sites is 1. The summed E-state index contributed by atoms with van der Waals surface area (Å²) in [6, 6.07) is 15.7. The number of fused-ring (bicyclic) bond motifs is 1. The Kier molecular flexibility index (Phi) is 5.11. The van der Waals surface area contributed by atoms with E-state index in [0.717, 1.165) is 38.1 Å². The molecule has 1 fully saturated rings. The standard InChI is InChI=1S/C21H25N3S/c1-2-18-8-9-20(25-18)21(24-12-5-10-22-11-13-24)17-14-16-6-3-4-7-19(16)23-15-17/h3-4,6-9,14-15,21-22H,2,5,10-13H2,1H3. The normalized spacial score (nSPS) is 17.5. The monoisotopic (exact) mass is 351 g/mol. The summed E-state index contributed by atoms with van der Waals surface area (Å²) >= 11 is 1.95. The summed E-state index contributed by atoms with van der Waals surface area (Å²) in [5.41, 5.74) is 2.38. The molecule has 1 N–H and O–H groups in total. The van der Waals surface area contributed by atoms with Crippen LogP contribution in [0.4, 0.5) is 0 Å². The fraction of sp³-hybridized carbons (Fsp3) is 0.381. The second kappa shape index (κ2) is 7.65. The molecular weight excluding hydrogens is 326 g/mol. The molecule has 1 unspecified atom stereocenters. The first-order valence-electron chi connectivity index (χ1n) is 9.23. The lowest BCUT2D eigenvalue weighted by atomic mass is 10.0. The van der Waals surface area contributed by atoms with Gasteiger partial charge < -0.3 is 5.32 Å². The van der Waals surface area contributed by atoms with Gasteiger partial charge >= 0.3 is 0 Å². The van der Waals surface area contributed by atoms with Gasteiger partial charge in [0.1, 0.15) is 0 Å². The van der Waals surface area contributed by atoms with Crippen LogP contribution >= 0.6 is 11.3 Å². The second-order valence-electron chi connectivity index (χ2n) is 6.66. The van der Waals surface area contributed by atoms with Crippen molar-refractivity contribution in [2.24, 2.45) is 0 Å². The zero-order valence-electron chi connectivity index (χ0n) is 14.7. The highest BCUT2D eigenvalue weighted by Gasteiger charge is 2.25. The summed E-state index contributed by atoms with van der Waals surface area (Å²) in [7, 11) is 0. The molecule has 4 rings (SSSR count). The summed E-state index contributed by atoms with van der Waals surface area (Å²) in [6.07, 6.45) is 4.38. The number of pyridine rings is 1. The Morgan fingerprint density at radius 3 is 2.96 bits per heavy atom. The van der Waals surface area contributed by atoms with Gasteiger partial charge in [-0.15, -0.1) is 11.3 Å². The van der Waals surface area contributed by atoms with Crippen molar-refractivity contribution in [3.05, 3.63) is 64.0 Å². The lowest BCUT2D eigenvalue weighted by Gasteiger charge is -2.30. The molecule has 1 aliphatic rings. The zero-order valence-corrected chi connectivity index (χ0v) is 15.6. The highest BCUT2D eigenvalue weighted by Crippen LogP contribution is 2.34. The van der Waals surface area contributed by atoms with E-state index >= 15 is 0 Å². The van der Waals surface area contributed by atoms with E-state index in [2.05, 4.69) is 65.8 Å². The molecule has 25 heavy (non-hydrogen) atoms. The first-order chi connectivity index (χ1) is 12.3. The van der Waals surface area contributed by atoms with Crippen molar-refractivity contribution in [1.82, 2.24) is 15.2 Å². The van der Waals surface area contributed by atoms with E-state index in [9.17, 15) is 0 Å².